The molecule has 0 radical (unpaired) electrons. The molecule has 0 saturated heterocycles. The van der Waals surface area contributed by atoms with E-state index >= 15 is 0 Å². The van der Waals surface area contributed by atoms with E-state index in [4.69, 9.17) is 0 Å². The first kappa shape index (κ1) is 20.9. The van der Waals surface area contributed by atoms with Crippen LogP contribution in [-0.2, 0) is 6.61 Å². The van der Waals surface area contributed by atoms with Crippen molar-refractivity contribution in [3.63, 3.8) is 0 Å². The maximum Gasteiger partial charge on any atom is 0.319 e. The lowest BCUT2D eigenvalue weighted by Gasteiger charge is -2.06. The molecule has 0 amide bonds. The van der Waals surface area contributed by atoms with E-state index in [1.165, 1.54) is 6.07 Å². The summed E-state index contributed by atoms with van der Waals surface area (Å²) >= 11 is 0. The summed E-state index contributed by atoms with van der Waals surface area (Å²) in [4.78, 5) is 36.7. The number of aliphatic hydroxyl groups is 1. The first-order valence-electron chi connectivity index (χ1n) is 8.42. The molecule has 0 atom stereocenters. The number of nitrogens with zero attached hydrogens (tertiary/aromatic N) is 5. The molecular weight excluding hydrogens is 412 g/mol. The highest BCUT2D eigenvalue weighted by atomic mass is 16.6. The van der Waals surface area contributed by atoms with Crippen LogP contribution < -0.4 is 5.56 Å². The topological polar surface area (TPSA) is 201 Å². The van der Waals surface area contributed by atoms with E-state index in [9.17, 15) is 40.5 Å². The molecule has 0 saturated carbocycles. The predicted molar refractivity (Wildman–Crippen MR) is 106 cm³/mol. The third kappa shape index (κ3) is 3.86. The summed E-state index contributed by atoms with van der Waals surface area (Å²) in [6.45, 7) is -0.377. The number of benzene rings is 2. The van der Waals surface area contributed by atoms with Crippen molar-refractivity contribution in [3.05, 3.63) is 83.8 Å². The lowest BCUT2D eigenvalue weighted by molar-refractivity contribution is -0.394. The number of para-hydroxylation sites is 1. The molecule has 3 aromatic rings. The Morgan fingerprint density at radius 3 is 2.55 bits per heavy atom. The fourth-order valence-electron chi connectivity index (χ4n) is 2.75. The number of phenolic OH excluding ortho intramolecular Hbond substituents is 1. The first-order valence-corrected chi connectivity index (χ1v) is 8.42. The highest BCUT2D eigenvalue weighted by molar-refractivity contribution is 5.86. The lowest BCUT2D eigenvalue weighted by atomic mass is 10.2. The first-order chi connectivity index (χ1) is 14.8. The Kier molecular flexibility index (Phi) is 5.57. The lowest BCUT2D eigenvalue weighted by Crippen LogP contribution is -2.18. The molecule has 156 valence electrons. The fraction of sp³-hybridized carbons (Fsp3) is 0.0556. The molecule has 0 fully saturated rings. The largest absolute Gasteiger partial charge is 0.501 e. The van der Waals surface area contributed by atoms with Gasteiger partial charge in [-0.2, -0.15) is 5.26 Å². The summed E-state index contributed by atoms with van der Waals surface area (Å²) in [6, 6.07) is 9.49. The number of nitrogens with one attached hydrogen (secondary N) is 1. The molecule has 0 aliphatic rings. The molecule has 1 heterocycles. The van der Waals surface area contributed by atoms with Gasteiger partial charge in [-0.1, -0.05) is 18.2 Å². The summed E-state index contributed by atoms with van der Waals surface area (Å²) in [5, 5.41) is 53.5. The van der Waals surface area contributed by atoms with Crippen LogP contribution in [0.4, 0.5) is 17.1 Å². The number of aromatic amines is 1. The second kappa shape index (κ2) is 8.27. The maximum atomic E-state index is 12.8. The van der Waals surface area contributed by atoms with Crippen LogP contribution in [0.3, 0.4) is 0 Å². The van der Waals surface area contributed by atoms with Gasteiger partial charge in [0.25, 0.3) is 11.2 Å². The van der Waals surface area contributed by atoms with Gasteiger partial charge in [0.05, 0.1) is 33.8 Å². The van der Waals surface area contributed by atoms with Gasteiger partial charge in [0.2, 0.25) is 5.75 Å². The molecule has 3 rings (SSSR count). The van der Waals surface area contributed by atoms with Gasteiger partial charge in [0.15, 0.2) is 0 Å². The number of aromatic nitrogens is 2. The molecule has 2 aromatic carbocycles. The zero-order valence-corrected chi connectivity index (χ0v) is 15.4. The van der Waals surface area contributed by atoms with Crippen LogP contribution in [0.5, 0.6) is 5.75 Å². The number of hydrogen-bond donors (Lipinski definition) is 3. The van der Waals surface area contributed by atoms with Crippen molar-refractivity contribution in [2.75, 3.05) is 0 Å². The molecule has 0 spiro atoms. The Hall–Kier alpha value is -4.83. The number of H-pyrrole nitrogens is 1. The number of nitro benzene ring substituents is 2. The van der Waals surface area contributed by atoms with E-state index < -0.39 is 38.2 Å². The number of aliphatic imine (C=N–C) groups is 1. The van der Waals surface area contributed by atoms with Crippen molar-refractivity contribution in [2.45, 2.75) is 6.61 Å². The normalized spacial score (nSPS) is 10.8. The van der Waals surface area contributed by atoms with E-state index in [0.717, 1.165) is 17.0 Å². The van der Waals surface area contributed by atoms with Crippen LogP contribution in [0.15, 0.2) is 46.2 Å². The number of non-ortho nitro benzene ring substituents is 1. The number of aliphatic hydroxyl groups excluding tert-OH is 1. The van der Waals surface area contributed by atoms with Gasteiger partial charge in [-0.15, -0.1) is 0 Å². The Morgan fingerprint density at radius 1 is 1.23 bits per heavy atom. The molecular formula is C18H12N6O7. The molecule has 0 unspecified atom stereocenters. The zero-order chi connectivity index (χ0) is 22.7. The van der Waals surface area contributed by atoms with Crippen molar-refractivity contribution in [1.82, 2.24) is 9.78 Å². The van der Waals surface area contributed by atoms with Crippen molar-refractivity contribution < 1.29 is 20.1 Å². The monoisotopic (exact) mass is 424 g/mol. The maximum absolute atomic E-state index is 12.8. The van der Waals surface area contributed by atoms with Crippen molar-refractivity contribution in [1.29, 1.82) is 5.26 Å². The average Bonchev–Trinajstić information content (AvgIpc) is 3.07. The fourth-order valence-corrected chi connectivity index (χ4v) is 2.75. The van der Waals surface area contributed by atoms with Gasteiger partial charge in [0, 0.05) is 17.8 Å². The number of hydrogen-bond acceptors (Lipinski definition) is 9. The zero-order valence-electron chi connectivity index (χ0n) is 15.4. The number of aromatic hydroxyl groups is 1. The highest BCUT2D eigenvalue weighted by Gasteiger charge is 2.24. The Bertz CT molecular complexity index is 1330. The number of nitriles is 1. The predicted octanol–water partition coefficient (Wildman–Crippen LogP) is 1.80. The third-order valence-electron chi connectivity index (χ3n) is 4.24. The van der Waals surface area contributed by atoms with E-state index in [1.54, 1.807) is 24.3 Å². The molecule has 0 bridgehead atoms. The summed E-state index contributed by atoms with van der Waals surface area (Å²) in [7, 11) is 0. The van der Waals surface area contributed by atoms with Crippen LogP contribution in [0.25, 0.3) is 5.69 Å². The summed E-state index contributed by atoms with van der Waals surface area (Å²) in [5.41, 5.74) is -2.71. The molecule has 13 nitrogen and oxygen atoms in total. The Balaban J connectivity index is 2.15. The second-order valence-corrected chi connectivity index (χ2v) is 6.04. The number of rotatable bonds is 6. The molecule has 0 aliphatic heterocycles. The third-order valence-corrected chi connectivity index (χ3v) is 4.24. The Morgan fingerprint density at radius 2 is 1.94 bits per heavy atom. The van der Waals surface area contributed by atoms with Crippen LogP contribution in [0, 0.1) is 31.6 Å². The summed E-state index contributed by atoms with van der Waals surface area (Å²) in [5.74, 6) is -0.938. The number of phenols is 1. The molecule has 13 heteroatoms. The highest BCUT2D eigenvalue weighted by Crippen LogP contribution is 2.39. The minimum absolute atomic E-state index is 0.221. The van der Waals surface area contributed by atoms with Gasteiger partial charge in [-0.25, -0.2) is 4.68 Å². The van der Waals surface area contributed by atoms with Gasteiger partial charge < -0.3 is 10.2 Å². The van der Waals surface area contributed by atoms with Crippen molar-refractivity contribution in [2.24, 2.45) is 4.99 Å². The van der Waals surface area contributed by atoms with Crippen LogP contribution >= 0.6 is 0 Å². The van der Waals surface area contributed by atoms with Crippen LogP contribution in [-0.4, -0.2) is 36.1 Å². The van der Waals surface area contributed by atoms with E-state index in [-0.39, 0.29) is 23.6 Å². The average molecular weight is 424 g/mol. The van der Waals surface area contributed by atoms with Crippen molar-refractivity contribution >= 4 is 23.3 Å². The molecule has 0 aliphatic carbocycles. The SMILES string of the molecule is N#Cc1[nH]n(-c2ccccc2CO)c(=O)c1C=Nc1cc([N+](=O)[O-])cc([N+](=O)[O-])c1O. The van der Waals surface area contributed by atoms with Crippen LogP contribution in [0.1, 0.15) is 16.8 Å². The van der Waals surface area contributed by atoms with E-state index in [1.807, 2.05) is 0 Å². The van der Waals surface area contributed by atoms with Gasteiger partial charge >= 0.3 is 5.69 Å². The van der Waals surface area contributed by atoms with Crippen molar-refractivity contribution in [3.8, 4) is 17.5 Å². The standard InChI is InChI=1S/C18H12N6O7/c19-7-14-12(18(27)22(21-14)15-4-2-1-3-10(15)9-25)8-20-13-5-11(23(28)29)6-16(17(13)26)24(30)31/h1-6,8,21,25-26H,9H2. The number of nitro groups is 2. The van der Waals surface area contributed by atoms with Gasteiger partial charge in [0.1, 0.15) is 17.5 Å². The molecule has 31 heavy (non-hydrogen) atoms. The summed E-state index contributed by atoms with van der Waals surface area (Å²) in [6.07, 6.45) is 0.859. The minimum atomic E-state index is -1.02. The smallest absolute Gasteiger partial charge is 0.319 e. The van der Waals surface area contributed by atoms with E-state index in [2.05, 4.69) is 10.1 Å². The second-order valence-electron chi connectivity index (χ2n) is 6.04. The summed E-state index contributed by atoms with van der Waals surface area (Å²) < 4.78 is 1.00. The van der Waals surface area contributed by atoms with Gasteiger partial charge in [-0.05, 0) is 6.07 Å². The van der Waals surface area contributed by atoms with Crippen LogP contribution in [0.2, 0.25) is 0 Å². The minimum Gasteiger partial charge on any atom is -0.501 e. The quantitative estimate of drug-likeness (QED) is 0.302. The van der Waals surface area contributed by atoms with Gasteiger partial charge in [-0.3, -0.25) is 35.1 Å². The molecule has 3 N–H and O–H groups in total. The molecule has 1 aromatic heterocycles. The Labute approximate surface area is 172 Å². The van der Waals surface area contributed by atoms with E-state index in [0.29, 0.717) is 11.6 Å².